The van der Waals surface area contributed by atoms with E-state index in [1.54, 1.807) is 23.1 Å². The van der Waals surface area contributed by atoms with Crippen LogP contribution in [-0.2, 0) is 16.0 Å². The van der Waals surface area contributed by atoms with Crippen molar-refractivity contribution in [3.05, 3.63) is 35.6 Å². The molecule has 5 heteroatoms. The minimum atomic E-state index is -0.243. The van der Waals surface area contributed by atoms with Crippen LogP contribution in [0.15, 0.2) is 24.3 Å². The summed E-state index contributed by atoms with van der Waals surface area (Å²) in [4.78, 5) is 25.2. The number of hydrogen-bond donors (Lipinski definition) is 1. The van der Waals surface area contributed by atoms with Crippen LogP contribution in [0.5, 0.6) is 0 Å². The lowest BCUT2D eigenvalue weighted by atomic mass is 9.97. The molecule has 114 valence electrons. The predicted molar refractivity (Wildman–Crippen MR) is 78.1 cm³/mol. The molecule has 2 amide bonds. The summed E-state index contributed by atoms with van der Waals surface area (Å²) < 4.78 is 13.5. The third-order valence-corrected chi connectivity index (χ3v) is 3.89. The first kappa shape index (κ1) is 15.5. The molecule has 21 heavy (non-hydrogen) atoms. The minimum absolute atomic E-state index is 0.0128. The first-order valence-electron chi connectivity index (χ1n) is 7.34. The fraction of sp³-hybridized carbons (Fsp3) is 0.500. The van der Waals surface area contributed by atoms with Crippen molar-refractivity contribution in [1.29, 1.82) is 0 Å². The van der Waals surface area contributed by atoms with Crippen LogP contribution in [0.25, 0.3) is 0 Å². The molecule has 0 bridgehead atoms. The summed E-state index contributed by atoms with van der Waals surface area (Å²) in [5, 5.41) is 2.84. The molecule has 1 fully saturated rings. The molecule has 0 spiro atoms. The van der Waals surface area contributed by atoms with E-state index in [0.29, 0.717) is 25.1 Å². The van der Waals surface area contributed by atoms with Crippen LogP contribution in [0.1, 0.15) is 25.3 Å². The van der Waals surface area contributed by atoms with E-state index < -0.39 is 0 Å². The number of hydrogen-bond acceptors (Lipinski definition) is 2. The predicted octanol–water partition coefficient (Wildman–Crippen LogP) is 1.74. The Morgan fingerprint density at radius 3 is 2.86 bits per heavy atom. The lowest BCUT2D eigenvalue weighted by Gasteiger charge is -2.31. The third kappa shape index (κ3) is 4.28. The smallest absolute Gasteiger partial charge is 0.224 e. The maximum Gasteiger partial charge on any atom is 0.224 e. The van der Waals surface area contributed by atoms with Crippen molar-refractivity contribution in [2.45, 2.75) is 26.2 Å². The molecule has 0 radical (unpaired) electrons. The van der Waals surface area contributed by atoms with Gasteiger partial charge in [-0.3, -0.25) is 9.59 Å². The molecule has 1 saturated heterocycles. The molecule has 1 unspecified atom stereocenters. The second-order valence-electron chi connectivity index (χ2n) is 5.44. The Morgan fingerprint density at radius 2 is 2.14 bits per heavy atom. The molecule has 1 aliphatic rings. The maximum atomic E-state index is 13.5. The van der Waals surface area contributed by atoms with Gasteiger partial charge in [0, 0.05) is 26.6 Å². The molecule has 1 atom stereocenters. The largest absolute Gasteiger partial charge is 0.355 e. The summed E-state index contributed by atoms with van der Waals surface area (Å²) in [6, 6.07) is 6.57. The van der Waals surface area contributed by atoms with E-state index in [4.69, 9.17) is 0 Å². The number of piperidine rings is 1. The summed E-state index contributed by atoms with van der Waals surface area (Å²) in [5.74, 6) is -0.424. The van der Waals surface area contributed by atoms with Gasteiger partial charge in [-0.15, -0.1) is 0 Å². The van der Waals surface area contributed by atoms with Gasteiger partial charge in [0.1, 0.15) is 5.82 Å². The van der Waals surface area contributed by atoms with Crippen LogP contribution in [0.3, 0.4) is 0 Å². The molecule has 0 saturated carbocycles. The van der Waals surface area contributed by atoms with E-state index in [0.717, 1.165) is 19.4 Å². The van der Waals surface area contributed by atoms with Gasteiger partial charge >= 0.3 is 0 Å². The summed E-state index contributed by atoms with van der Waals surface area (Å²) in [6.07, 6.45) is 2.13. The highest BCUT2D eigenvalue weighted by Gasteiger charge is 2.26. The van der Waals surface area contributed by atoms with Crippen molar-refractivity contribution in [2.75, 3.05) is 19.6 Å². The Bertz CT molecular complexity index is 519. The quantitative estimate of drug-likeness (QED) is 0.919. The first-order chi connectivity index (χ1) is 10.1. The topological polar surface area (TPSA) is 49.4 Å². The molecule has 2 rings (SSSR count). The average Bonchev–Trinajstić information content (AvgIpc) is 2.49. The van der Waals surface area contributed by atoms with E-state index in [1.807, 2.05) is 0 Å². The Balaban J connectivity index is 1.79. The van der Waals surface area contributed by atoms with Crippen molar-refractivity contribution >= 4 is 11.8 Å². The van der Waals surface area contributed by atoms with E-state index in [9.17, 15) is 14.0 Å². The van der Waals surface area contributed by atoms with Gasteiger partial charge in [0.15, 0.2) is 0 Å². The standard InChI is InChI=1S/C16H21FN2O2/c1-12(20)19-10-4-6-14(11-19)16(21)18-9-8-13-5-2-3-7-15(13)17/h2-3,5,7,14H,4,6,8-11H2,1H3,(H,18,21). The zero-order valence-electron chi connectivity index (χ0n) is 12.3. The second-order valence-corrected chi connectivity index (χ2v) is 5.44. The highest BCUT2D eigenvalue weighted by molar-refractivity contribution is 5.80. The lowest BCUT2D eigenvalue weighted by molar-refractivity contribution is -0.133. The van der Waals surface area contributed by atoms with Gasteiger partial charge in [-0.25, -0.2) is 4.39 Å². The van der Waals surface area contributed by atoms with Gasteiger partial charge in [0.2, 0.25) is 11.8 Å². The van der Waals surface area contributed by atoms with Crippen molar-refractivity contribution in [2.24, 2.45) is 5.92 Å². The molecule has 1 N–H and O–H groups in total. The Morgan fingerprint density at radius 1 is 1.38 bits per heavy atom. The first-order valence-corrected chi connectivity index (χ1v) is 7.34. The number of halogens is 1. The Hall–Kier alpha value is -1.91. The summed E-state index contributed by atoms with van der Waals surface area (Å²) in [5.41, 5.74) is 0.604. The van der Waals surface area contributed by atoms with Crippen LogP contribution in [-0.4, -0.2) is 36.3 Å². The highest BCUT2D eigenvalue weighted by Crippen LogP contribution is 2.16. The van der Waals surface area contributed by atoms with Gasteiger partial charge in [-0.1, -0.05) is 18.2 Å². The number of amides is 2. The van der Waals surface area contributed by atoms with Crippen LogP contribution >= 0.6 is 0 Å². The Kier molecular flexibility index (Phi) is 5.31. The zero-order chi connectivity index (χ0) is 15.2. The molecule has 0 aromatic heterocycles. The Labute approximate surface area is 124 Å². The third-order valence-electron chi connectivity index (χ3n) is 3.89. The molecular formula is C16H21FN2O2. The van der Waals surface area contributed by atoms with Crippen molar-refractivity contribution < 1.29 is 14.0 Å². The van der Waals surface area contributed by atoms with Crippen molar-refractivity contribution in [3.8, 4) is 0 Å². The van der Waals surface area contributed by atoms with E-state index in [-0.39, 0.29) is 23.5 Å². The fourth-order valence-electron chi connectivity index (χ4n) is 2.64. The van der Waals surface area contributed by atoms with Gasteiger partial charge in [-0.05, 0) is 30.9 Å². The number of carbonyl (C=O) groups is 2. The normalized spacial score (nSPS) is 18.4. The monoisotopic (exact) mass is 292 g/mol. The number of nitrogens with one attached hydrogen (secondary N) is 1. The lowest BCUT2D eigenvalue weighted by Crippen LogP contribution is -2.45. The SMILES string of the molecule is CC(=O)N1CCCC(C(=O)NCCc2ccccc2F)C1. The van der Waals surface area contributed by atoms with Gasteiger partial charge < -0.3 is 10.2 Å². The van der Waals surface area contributed by atoms with Crippen LogP contribution in [0.4, 0.5) is 4.39 Å². The fourth-order valence-corrected chi connectivity index (χ4v) is 2.64. The van der Waals surface area contributed by atoms with Gasteiger partial charge in [0.05, 0.1) is 5.92 Å². The molecular weight excluding hydrogens is 271 g/mol. The molecule has 1 aromatic rings. The zero-order valence-corrected chi connectivity index (χ0v) is 12.3. The van der Waals surface area contributed by atoms with Gasteiger partial charge in [-0.2, -0.15) is 0 Å². The minimum Gasteiger partial charge on any atom is -0.355 e. The van der Waals surface area contributed by atoms with Crippen LogP contribution in [0, 0.1) is 11.7 Å². The summed E-state index contributed by atoms with van der Waals surface area (Å²) in [6.45, 7) is 3.16. The highest BCUT2D eigenvalue weighted by atomic mass is 19.1. The van der Waals surface area contributed by atoms with E-state index in [2.05, 4.69) is 5.32 Å². The van der Waals surface area contributed by atoms with Crippen LogP contribution < -0.4 is 5.32 Å². The van der Waals surface area contributed by atoms with E-state index >= 15 is 0 Å². The van der Waals surface area contributed by atoms with E-state index in [1.165, 1.54) is 13.0 Å². The van der Waals surface area contributed by atoms with Crippen LogP contribution in [0.2, 0.25) is 0 Å². The number of nitrogens with zero attached hydrogens (tertiary/aromatic N) is 1. The summed E-state index contributed by atoms with van der Waals surface area (Å²) in [7, 11) is 0. The average molecular weight is 292 g/mol. The van der Waals surface area contributed by atoms with Crippen molar-refractivity contribution in [1.82, 2.24) is 10.2 Å². The number of likely N-dealkylation sites (tertiary alicyclic amines) is 1. The molecule has 0 aliphatic carbocycles. The molecule has 1 aromatic carbocycles. The van der Waals surface area contributed by atoms with Gasteiger partial charge in [0.25, 0.3) is 0 Å². The molecule has 1 heterocycles. The second kappa shape index (κ2) is 7.20. The maximum absolute atomic E-state index is 13.5. The van der Waals surface area contributed by atoms with Crippen molar-refractivity contribution in [3.63, 3.8) is 0 Å². The number of benzene rings is 1. The molecule has 1 aliphatic heterocycles. The number of carbonyl (C=O) groups excluding carboxylic acids is 2. The molecule has 4 nitrogen and oxygen atoms in total. The number of rotatable bonds is 4. The summed E-state index contributed by atoms with van der Waals surface area (Å²) >= 11 is 0.